The average Bonchev–Trinajstić information content (AvgIpc) is 2.47. The van der Waals surface area contributed by atoms with Crippen molar-refractivity contribution in [3.8, 4) is 11.1 Å². The highest BCUT2D eigenvalue weighted by molar-refractivity contribution is 5.79. The minimum Gasteiger partial charge on any atom is -0.341 e. The van der Waals surface area contributed by atoms with Gasteiger partial charge in [-0.05, 0) is 44.4 Å². The molecule has 0 saturated carbocycles. The summed E-state index contributed by atoms with van der Waals surface area (Å²) in [6.07, 6.45) is 0.446. The molecule has 1 amide bonds. The molecule has 0 bridgehead atoms. The Labute approximate surface area is 133 Å². The smallest absolute Gasteiger partial charge is 0.227 e. The number of nitrogens with zero attached hydrogens (tertiary/aromatic N) is 1. The number of hydrogen-bond acceptors (Lipinski definition) is 1. The normalized spacial score (nSPS) is 11.3. The lowest BCUT2D eigenvalue weighted by Gasteiger charge is -2.32. The maximum atomic E-state index is 12.3. The van der Waals surface area contributed by atoms with E-state index in [0.29, 0.717) is 6.42 Å². The molecule has 0 radical (unpaired) electrons. The lowest BCUT2D eigenvalue weighted by molar-refractivity contribution is -0.133. The summed E-state index contributed by atoms with van der Waals surface area (Å²) in [5.74, 6) is 0.149. The molecule has 0 heterocycles. The largest absolute Gasteiger partial charge is 0.341 e. The second-order valence-corrected chi connectivity index (χ2v) is 6.86. The van der Waals surface area contributed by atoms with Crippen LogP contribution in [-0.4, -0.2) is 23.4 Å². The second-order valence-electron chi connectivity index (χ2n) is 6.86. The van der Waals surface area contributed by atoms with Crippen LogP contribution >= 0.6 is 0 Å². The SMILES string of the molecule is Cc1ccc(-c2ccc(CC(=O)N(C)C(C)(C)C)cc2)cc1. The molecular weight excluding hydrogens is 270 g/mol. The Morgan fingerprint density at radius 2 is 1.36 bits per heavy atom. The summed E-state index contributed by atoms with van der Waals surface area (Å²) in [7, 11) is 1.86. The van der Waals surface area contributed by atoms with Crippen molar-refractivity contribution in [3.63, 3.8) is 0 Å². The zero-order chi connectivity index (χ0) is 16.3. The molecule has 2 heteroatoms. The van der Waals surface area contributed by atoms with E-state index >= 15 is 0 Å². The van der Waals surface area contributed by atoms with Crippen molar-refractivity contribution in [1.29, 1.82) is 0 Å². The van der Waals surface area contributed by atoms with Crippen LogP contribution in [0.5, 0.6) is 0 Å². The van der Waals surface area contributed by atoms with Crippen LogP contribution in [-0.2, 0) is 11.2 Å². The minimum absolute atomic E-state index is 0.140. The van der Waals surface area contributed by atoms with Crippen LogP contribution in [0.2, 0.25) is 0 Å². The van der Waals surface area contributed by atoms with Gasteiger partial charge in [0.05, 0.1) is 6.42 Å². The molecule has 0 atom stereocenters. The number of aryl methyl sites for hydroxylation is 1. The Kier molecular flexibility index (Phi) is 4.70. The van der Waals surface area contributed by atoms with Crippen molar-refractivity contribution in [1.82, 2.24) is 4.90 Å². The van der Waals surface area contributed by atoms with Crippen LogP contribution in [0.25, 0.3) is 11.1 Å². The highest BCUT2D eigenvalue weighted by atomic mass is 16.2. The van der Waals surface area contributed by atoms with Crippen LogP contribution in [0, 0.1) is 6.92 Å². The van der Waals surface area contributed by atoms with E-state index in [2.05, 4.69) is 43.3 Å². The lowest BCUT2D eigenvalue weighted by atomic mass is 10.0. The number of likely N-dealkylation sites (N-methyl/N-ethyl adjacent to an activating group) is 1. The summed E-state index contributed by atoms with van der Waals surface area (Å²) in [4.78, 5) is 14.1. The van der Waals surface area contributed by atoms with Gasteiger partial charge in [-0.25, -0.2) is 0 Å². The Bertz CT molecular complexity index is 633. The molecule has 2 nitrogen and oxygen atoms in total. The molecule has 22 heavy (non-hydrogen) atoms. The molecule has 0 unspecified atom stereocenters. The van der Waals surface area contributed by atoms with Crippen molar-refractivity contribution in [3.05, 3.63) is 59.7 Å². The first-order valence-electron chi connectivity index (χ1n) is 7.70. The Morgan fingerprint density at radius 3 is 1.82 bits per heavy atom. The van der Waals surface area contributed by atoms with Gasteiger partial charge in [-0.2, -0.15) is 0 Å². The first-order chi connectivity index (χ1) is 10.3. The van der Waals surface area contributed by atoms with Crippen molar-refractivity contribution in [2.75, 3.05) is 7.05 Å². The summed E-state index contributed by atoms with van der Waals surface area (Å²) >= 11 is 0. The van der Waals surface area contributed by atoms with Crippen LogP contribution in [0.3, 0.4) is 0 Å². The summed E-state index contributed by atoms with van der Waals surface area (Å²) < 4.78 is 0. The fourth-order valence-electron chi connectivity index (χ4n) is 2.23. The monoisotopic (exact) mass is 295 g/mol. The molecule has 0 aliphatic carbocycles. The highest BCUT2D eigenvalue weighted by Crippen LogP contribution is 2.21. The van der Waals surface area contributed by atoms with Crippen molar-refractivity contribution in [2.24, 2.45) is 0 Å². The standard InChI is InChI=1S/C20H25NO/c1-15-6-10-17(11-7-15)18-12-8-16(9-13-18)14-19(22)21(5)20(2,3)4/h6-13H,14H2,1-5H3. The minimum atomic E-state index is -0.140. The second kappa shape index (κ2) is 6.35. The van der Waals surface area contributed by atoms with Gasteiger partial charge in [0.1, 0.15) is 0 Å². The molecule has 2 rings (SSSR count). The van der Waals surface area contributed by atoms with Crippen molar-refractivity contribution >= 4 is 5.91 Å². The van der Waals surface area contributed by atoms with Crippen LogP contribution < -0.4 is 0 Å². The quantitative estimate of drug-likeness (QED) is 0.818. The van der Waals surface area contributed by atoms with Gasteiger partial charge in [0.25, 0.3) is 0 Å². The first kappa shape index (κ1) is 16.3. The van der Waals surface area contributed by atoms with Gasteiger partial charge in [0.2, 0.25) is 5.91 Å². The topological polar surface area (TPSA) is 20.3 Å². The molecule has 0 N–H and O–H groups in total. The van der Waals surface area contributed by atoms with E-state index < -0.39 is 0 Å². The zero-order valence-electron chi connectivity index (χ0n) is 14.2. The molecule has 2 aromatic carbocycles. The van der Waals surface area contributed by atoms with E-state index in [0.717, 1.165) is 5.56 Å². The number of amides is 1. The molecule has 2 aromatic rings. The van der Waals surface area contributed by atoms with Crippen LogP contribution in [0.4, 0.5) is 0 Å². The van der Waals surface area contributed by atoms with Gasteiger partial charge in [-0.1, -0.05) is 54.1 Å². The predicted molar refractivity (Wildman–Crippen MR) is 92.8 cm³/mol. The van der Waals surface area contributed by atoms with E-state index in [1.807, 2.05) is 40.0 Å². The predicted octanol–water partition coefficient (Wildman–Crippen LogP) is 4.46. The highest BCUT2D eigenvalue weighted by Gasteiger charge is 2.22. The molecule has 116 valence electrons. The zero-order valence-corrected chi connectivity index (χ0v) is 14.2. The summed E-state index contributed by atoms with van der Waals surface area (Å²) in [5.41, 5.74) is 4.56. The summed E-state index contributed by atoms with van der Waals surface area (Å²) in [6.45, 7) is 8.23. The molecule has 0 aromatic heterocycles. The summed E-state index contributed by atoms with van der Waals surface area (Å²) in [6, 6.07) is 16.8. The third-order valence-electron chi connectivity index (χ3n) is 4.07. The Balaban J connectivity index is 2.09. The number of carbonyl (C=O) groups excluding carboxylic acids is 1. The Hall–Kier alpha value is -2.09. The van der Waals surface area contributed by atoms with Gasteiger partial charge in [-0.3, -0.25) is 4.79 Å². The maximum Gasteiger partial charge on any atom is 0.227 e. The van der Waals surface area contributed by atoms with Gasteiger partial charge in [0, 0.05) is 12.6 Å². The average molecular weight is 295 g/mol. The third-order valence-corrected chi connectivity index (χ3v) is 4.07. The van der Waals surface area contributed by atoms with E-state index in [9.17, 15) is 4.79 Å². The van der Waals surface area contributed by atoms with Crippen molar-refractivity contribution in [2.45, 2.75) is 39.7 Å². The van der Waals surface area contributed by atoms with E-state index in [1.165, 1.54) is 16.7 Å². The number of benzene rings is 2. The molecule has 0 saturated heterocycles. The maximum absolute atomic E-state index is 12.3. The number of carbonyl (C=O) groups is 1. The Morgan fingerprint density at radius 1 is 0.909 bits per heavy atom. The molecule has 0 fully saturated rings. The molecular formula is C20H25NO. The third kappa shape index (κ3) is 3.97. The number of rotatable bonds is 3. The molecule has 0 aliphatic heterocycles. The molecule has 0 spiro atoms. The fourth-order valence-corrected chi connectivity index (χ4v) is 2.23. The fraction of sp³-hybridized carbons (Fsp3) is 0.350. The summed E-state index contributed by atoms with van der Waals surface area (Å²) in [5, 5.41) is 0. The van der Waals surface area contributed by atoms with E-state index in [4.69, 9.17) is 0 Å². The molecule has 0 aliphatic rings. The van der Waals surface area contributed by atoms with Gasteiger partial charge in [-0.15, -0.1) is 0 Å². The van der Waals surface area contributed by atoms with Crippen molar-refractivity contribution < 1.29 is 4.79 Å². The van der Waals surface area contributed by atoms with Gasteiger partial charge >= 0.3 is 0 Å². The lowest BCUT2D eigenvalue weighted by Crippen LogP contribution is -2.43. The number of hydrogen-bond donors (Lipinski definition) is 0. The van der Waals surface area contributed by atoms with Crippen LogP contribution in [0.15, 0.2) is 48.5 Å². The van der Waals surface area contributed by atoms with E-state index in [1.54, 1.807) is 4.90 Å². The van der Waals surface area contributed by atoms with Gasteiger partial charge in [0.15, 0.2) is 0 Å². The van der Waals surface area contributed by atoms with Gasteiger partial charge < -0.3 is 4.90 Å². The van der Waals surface area contributed by atoms with Crippen LogP contribution in [0.1, 0.15) is 31.9 Å². The first-order valence-corrected chi connectivity index (χ1v) is 7.70. The van der Waals surface area contributed by atoms with E-state index in [-0.39, 0.29) is 11.4 Å².